The van der Waals surface area contributed by atoms with Gasteiger partial charge in [0.25, 0.3) is 0 Å². The van der Waals surface area contributed by atoms with Gasteiger partial charge in [0.1, 0.15) is 11.6 Å². The third-order valence-corrected chi connectivity index (χ3v) is 6.79. The van der Waals surface area contributed by atoms with Crippen LogP contribution in [0.15, 0.2) is 54.9 Å². The molecule has 3 aromatic rings. The van der Waals surface area contributed by atoms with E-state index in [0.717, 1.165) is 74.4 Å². The molecule has 8 heteroatoms. The number of carbonyl (C=O) groups excluding carboxylic acids is 1. The second kappa shape index (κ2) is 16.3. The number of aryl methyl sites for hydroxylation is 1. The maximum atomic E-state index is 12.2. The van der Waals surface area contributed by atoms with E-state index in [-0.39, 0.29) is 11.9 Å². The van der Waals surface area contributed by atoms with Gasteiger partial charge in [0, 0.05) is 31.2 Å². The molecule has 0 fully saturated rings. The highest BCUT2D eigenvalue weighted by Gasteiger charge is 2.18. The second-order valence-corrected chi connectivity index (χ2v) is 9.51. The molecule has 39 heavy (non-hydrogen) atoms. The van der Waals surface area contributed by atoms with Gasteiger partial charge in [0.05, 0.1) is 27.2 Å². The highest BCUT2D eigenvalue weighted by Crippen LogP contribution is 2.27. The van der Waals surface area contributed by atoms with Crippen molar-refractivity contribution in [3.05, 3.63) is 71.7 Å². The maximum absolute atomic E-state index is 12.2. The van der Waals surface area contributed by atoms with Crippen LogP contribution in [0.25, 0.3) is 0 Å². The molecule has 1 atom stereocenters. The van der Waals surface area contributed by atoms with Gasteiger partial charge in [0.15, 0.2) is 0 Å². The van der Waals surface area contributed by atoms with Crippen molar-refractivity contribution in [2.75, 3.05) is 32.3 Å². The number of benzene rings is 1. The van der Waals surface area contributed by atoms with Crippen molar-refractivity contribution < 1.29 is 19.0 Å². The molecule has 2 aromatic heterocycles. The summed E-state index contributed by atoms with van der Waals surface area (Å²) in [7, 11) is 3.23. The molecule has 0 aliphatic carbocycles. The molecule has 8 nitrogen and oxygen atoms in total. The molecule has 1 aromatic carbocycles. The number of pyridine rings is 1. The van der Waals surface area contributed by atoms with Gasteiger partial charge in [-0.1, -0.05) is 37.5 Å². The predicted molar refractivity (Wildman–Crippen MR) is 153 cm³/mol. The van der Waals surface area contributed by atoms with Crippen LogP contribution in [0.5, 0.6) is 11.8 Å². The number of methoxy groups -OCH3 is 2. The monoisotopic (exact) mass is 534 g/mol. The normalized spacial score (nSPS) is 11.6. The molecule has 0 aliphatic rings. The first-order chi connectivity index (χ1) is 19.1. The number of rotatable bonds is 17. The number of ether oxygens (including phenoxy) is 3. The van der Waals surface area contributed by atoms with E-state index in [2.05, 4.69) is 52.1 Å². The van der Waals surface area contributed by atoms with Gasteiger partial charge in [-0.15, -0.1) is 0 Å². The number of anilines is 1. The lowest BCUT2D eigenvalue weighted by Crippen LogP contribution is -2.23. The Bertz CT molecular complexity index is 1120. The summed E-state index contributed by atoms with van der Waals surface area (Å²) >= 11 is 0. The van der Waals surface area contributed by atoms with Crippen LogP contribution in [0.4, 0.5) is 5.82 Å². The van der Waals surface area contributed by atoms with Crippen molar-refractivity contribution in [1.82, 2.24) is 15.0 Å². The minimum absolute atomic E-state index is 0.0408. The minimum atomic E-state index is -0.183. The number of hydrogen-bond acceptors (Lipinski definition) is 8. The molecule has 3 rings (SSSR count). The molecule has 2 heterocycles. The lowest BCUT2D eigenvalue weighted by atomic mass is 9.92. The highest BCUT2D eigenvalue weighted by molar-refractivity contribution is 5.70. The van der Waals surface area contributed by atoms with Gasteiger partial charge in [-0.05, 0) is 74.4 Å². The van der Waals surface area contributed by atoms with E-state index >= 15 is 0 Å². The fourth-order valence-electron chi connectivity index (χ4n) is 4.59. The molecular formula is C31H42N4O4. The summed E-state index contributed by atoms with van der Waals surface area (Å²) in [6.07, 6.45) is 9.99. The van der Waals surface area contributed by atoms with Crippen molar-refractivity contribution >= 4 is 11.8 Å². The summed E-state index contributed by atoms with van der Waals surface area (Å²) in [6, 6.07) is 14.8. The topological polar surface area (TPSA) is 86.7 Å². The Morgan fingerprint density at radius 1 is 0.923 bits per heavy atom. The van der Waals surface area contributed by atoms with E-state index in [0.29, 0.717) is 19.0 Å². The number of carbonyl (C=O) groups is 1. The molecule has 0 radical (unpaired) electrons. The summed E-state index contributed by atoms with van der Waals surface area (Å²) in [4.78, 5) is 27.8. The molecule has 0 saturated carbocycles. The van der Waals surface area contributed by atoms with Crippen LogP contribution in [-0.4, -0.2) is 48.3 Å². The fraction of sp³-hybridized carbons (Fsp3) is 0.484. The van der Waals surface area contributed by atoms with Crippen molar-refractivity contribution in [2.45, 2.75) is 71.3 Å². The number of nitrogens with zero attached hydrogens (tertiary/aromatic N) is 4. The van der Waals surface area contributed by atoms with Crippen LogP contribution in [0.1, 0.15) is 75.1 Å². The number of aromatic nitrogens is 3. The zero-order valence-electron chi connectivity index (χ0n) is 23.8. The van der Waals surface area contributed by atoms with Crippen LogP contribution in [0.3, 0.4) is 0 Å². The average molecular weight is 535 g/mol. The fourth-order valence-corrected chi connectivity index (χ4v) is 4.59. The smallest absolute Gasteiger partial charge is 0.316 e. The van der Waals surface area contributed by atoms with Crippen LogP contribution in [0, 0.1) is 0 Å². The Morgan fingerprint density at radius 3 is 2.33 bits per heavy atom. The molecule has 0 unspecified atom stereocenters. The predicted octanol–water partition coefficient (Wildman–Crippen LogP) is 6.15. The van der Waals surface area contributed by atoms with Gasteiger partial charge < -0.3 is 19.1 Å². The van der Waals surface area contributed by atoms with E-state index < -0.39 is 0 Å². The maximum Gasteiger partial charge on any atom is 0.316 e. The second-order valence-electron chi connectivity index (χ2n) is 9.51. The van der Waals surface area contributed by atoms with Gasteiger partial charge in [-0.3, -0.25) is 4.79 Å². The van der Waals surface area contributed by atoms with Crippen molar-refractivity contribution in [3.8, 4) is 11.8 Å². The Morgan fingerprint density at radius 2 is 1.67 bits per heavy atom. The summed E-state index contributed by atoms with van der Waals surface area (Å²) in [5, 5.41) is 0. The van der Waals surface area contributed by atoms with E-state index in [1.165, 1.54) is 5.56 Å². The Labute approximate surface area is 232 Å². The van der Waals surface area contributed by atoms with Crippen LogP contribution < -0.4 is 14.4 Å². The zero-order valence-corrected chi connectivity index (χ0v) is 23.8. The van der Waals surface area contributed by atoms with Crippen LogP contribution in [0.2, 0.25) is 0 Å². The summed E-state index contributed by atoms with van der Waals surface area (Å²) in [6.45, 7) is 6.06. The van der Waals surface area contributed by atoms with Crippen molar-refractivity contribution in [2.24, 2.45) is 0 Å². The van der Waals surface area contributed by atoms with Crippen molar-refractivity contribution in [3.63, 3.8) is 0 Å². The SMILES string of the molecule is CCOC(=O)C[C@H](CCCCCCc1cccc(N(CC)Cc2ccc(OC)cc2)n1)c1cnc(OC)nc1. The third-order valence-electron chi connectivity index (χ3n) is 6.79. The van der Waals surface area contributed by atoms with Crippen LogP contribution in [-0.2, 0) is 22.5 Å². The van der Waals surface area contributed by atoms with Gasteiger partial charge in [-0.2, -0.15) is 0 Å². The first-order valence-electron chi connectivity index (χ1n) is 13.9. The molecule has 0 N–H and O–H groups in total. The summed E-state index contributed by atoms with van der Waals surface area (Å²) < 4.78 is 15.5. The molecular weight excluding hydrogens is 492 g/mol. The Kier molecular flexibility index (Phi) is 12.5. The highest BCUT2D eigenvalue weighted by atomic mass is 16.5. The van der Waals surface area contributed by atoms with E-state index in [1.54, 1.807) is 26.6 Å². The molecule has 210 valence electrons. The summed E-state index contributed by atoms with van der Waals surface area (Å²) in [5.74, 6) is 1.73. The number of esters is 1. The van der Waals surface area contributed by atoms with Crippen LogP contribution >= 0.6 is 0 Å². The van der Waals surface area contributed by atoms with Gasteiger partial charge in [0.2, 0.25) is 0 Å². The number of unbranched alkanes of at least 4 members (excludes halogenated alkanes) is 3. The first-order valence-corrected chi connectivity index (χ1v) is 13.9. The zero-order chi connectivity index (χ0) is 27.9. The van der Waals surface area contributed by atoms with E-state index in [4.69, 9.17) is 19.2 Å². The lowest BCUT2D eigenvalue weighted by molar-refractivity contribution is -0.143. The standard InChI is InChI=1S/C31H42N4O4/c1-5-35(23-24-16-18-28(37-3)19-17-24)29-15-11-14-27(34-29)13-10-8-7-9-12-25(20-30(36)39-6-2)26-21-32-31(38-4)33-22-26/h11,14-19,21-22,25H,5-10,12-13,20,23H2,1-4H3/t25-/m0/s1. The molecule has 0 saturated heterocycles. The molecule has 0 aliphatic heterocycles. The quantitative estimate of drug-likeness (QED) is 0.151. The minimum Gasteiger partial charge on any atom is -0.497 e. The summed E-state index contributed by atoms with van der Waals surface area (Å²) in [5.41, 5.74) is 3.29. The van der Waals surface area contributed by atoms with Gasteiger partial charge >= 0.3 is 12.0 Å². The Balaban J connectivity index is 1.47. The molecule has 0 spiro atoms. The Hall–Kier alpha value is -3.68. The third kappa shape index (κ3) is 9.85. The van der Waals surface area contributed by atoms with E-state index in [9.17, 15) is 4.79 Å². The molecule has 0 bridgehead atoms. The average Bonchev–Trinajstić information content (AvgIpc) is 2.97. The van der Waals surface area contributed by atoms with Gasteiger partial charge in [-0.25, -0.2) is 15.0 Å². The van der Waals surface area contributed by atoms with Crippen molar-refractivity contribution in [1.29, 1.82) is 0 Å². The molecule has 0 amide bonds. The lowest BCUT2D eigenvalue weighted by Gasteiger charge is -2.22. The van der Waals surface area contributed by atoms with E-state index in [1.807, 2.05) is 19.1 Å². The largest absolute Gasteiger partial charge is 0.497 e. The number of hydrogen-bond donors (Lipinski definition) is 0. The first kappa shape index (κ1) is 29.9.